The molecule has 1 atom stereocenters. The molecule has 0 fully saturated rings. The number of hydrogen-bond donors (Lipinski definition) is 1. The second-order valence-electron chi connectivity index (χ2n) is 4.49. The van der Waals surface area contributed by atoms with Crippen molar-refractivity contribution in [1.82, 2.24) is 0 Å². The topological polar surface area (TPSA) is 46.5 Å². The van der Waals surface area contributed by atoms with E-state index >= 15 is 0 Å². The van der Waals surface area contributed by atoms with Crippen LogP contribution in [0.5, 0.6) is 5.75 Å². The van der Waals surface area contributed by atoms with Gasteiger partial charge in [-0.3, -0.25) is 4.79 Å². The van der Waals surface area contributed by atoms with Crippen LogP contribution in [0.3, 0.4) is 0 Å². The lowest BCUT2D eigenvalue weighted by Crippen LogP contribution is -2.21. The van der Waals surface area contributed by atoms with Crippen molar-refractivity contribution in [3.63, 3.8) is 0 Å². The third-order valence-corrected chi connectivity index (χ3v) is 2.73. The summed E-state index contributed by atoms with van der Waals surface area (Å²) in [7, 11) is 0. The van der Waals surface area contributed by atoms with Crippen LogP contribution in [0.4, 0.5) is 8.78 Å². The van der Waals surface area contributed by atoms with Crippen molar-refractivity contribution in [1.29, 1.82) is 0 Å². The number of benzene rings is 1. The van der Waals surface area contributed by atoms with E-state index < -0.39 is 17.6 Å². The Kier molecular flexibility index (Phi) is 5.07. The standard InChI is InChI=1S/C13H16F2O3/c1-8(2)9(5-13(16)17)7-18-12-4-3-10(14)6-11(12)15/h3-4,6,8-9H,5,7H2,1-2H3,(H,16,17). The Morgan fingerprint density at radius 2 is 2.06 bits per heavy atom. The Balaban J connectivity index is 2.64. The van der Waals surface area contributed by atoms with Crippen LogP contribution in [0.1, 0.15) is 20.3 Å². The lowest BCUT2D eigenvalue weighted by atomic mass is 9.93. The Morgan fingerprint density at radius 3 is 2.56 bits per heavy atom. The van der Waals surface area contributed by atoms with E-state index in [4.69, 9.17) is 9.84 Å². The van der Waals surface area contributed by atoms with Crippen molar-refractivity contribution in [2.45, 2.75) is 20.3 Å². The van der Waals surface area contributed by atoms with Gasteiger partial charge in [0.2, 0.25) is 0 Å². The van der Waals surface area contributed by atoms with Gasteiger partial charge in [-0.05, 0) is 18.1 Å². The zero-order valence-electron chi connectivity index (χ0n) is 10.3. The lowest BCUT2D eigenvalue weighted by Gasteiger charge is -2.19. The van der Waals surface area contributed by atoms with Crippen LogP contribution >= 0.6 is 0 Å². The minimum absolute atomic E-state index is 0.0412. The number of rotatable bonds is 6. The monoisotopic (exact) mass is 258 g/mol. The van der Waals surface area contributed by atoms with Crippen LogP contribution in [0.25, 0.3) is 0 Å². The van der Waals surface area contributed by atoms with Gasteiger partial charge < -0.3 is 9.84 Å². The summed E-state index contributed by atoms with van der Waals surface area (Å²) in [6.45, 7) is 3.84. The number of carboxylic acid groups (broad SMARTS) is 1. The fourth-order valence-electron chi connectivity index (χ4n) is 1.50. The first-order valence-electron chi connectivity index (χ1n) is 5.69. The van der Waals surface area contributed by atoms with Gasteiger partial charge in [0.05, 0.1) is 13.0 Å². The molecule has 5 heteroatoms. The number of carboxylic acids is 1. The highest BCUT2D eigenvalue weighted by Crippen LogP contribution is 2.21. The lowest BCUT2D eigenvalue weighted by molar-refractivity contribution is -0.138. The molecule has 100 valence electrons. The Morgan fingerprint density at radius 1 is 1.39 bits per heavy atom. The molecule has 3 nitrogen and oxygen atoms in total. The van der Waals surface area contributed by atoms with E-state index in [1.54, 1.807) is 0 Å². The van der Waals surface area contributed by atoms with Gasteiger partial charge in [-0.1, -0.05) is 13.8 Å². The first kappa shape index (κ1) is 14.4. The van der Waals surface area contributed by atoms with E-state index in [2.05, 4.69) is 0 Å². The van der Waals surface area contributed by atoms with Crippen LogP contribution in [0, 0.1) is 23.5 Å². The van der Waals surface area contributed by atoms with Crippen LogP contribution in [-0.4, -0.2) is 17.7 Å². The van der Waals surface area contributed by atoms with E-state index in [-0.39, 0.29) is 30.6 Å². The summed E-state index contributed by atoms with van der Waals surface area (Å²) in [5.74, 6) is -2.56. The molecule has 1 unspecified atom stereocenters. The van der Waals surface area contributed by atoms with Gasteiger partial charge in [-0.15, -0.1) is 0 Å². The van der Waals surface area contributed by atoms with Gasteiger partial charge in [0.25, 0.3) is 0 Å². The van der Waals surface area contributed by atoms with Crippen molar-refractivity contribution < 1.29 is 23.4 Å². The average Bonchev–Trinajstić information content (AvgIpc) is 2.25. The van der Waals surface area contributed by atoms with Crippen molar-refractivity contribution in [3.8, 4) is 5.75 Å². The van der Waals surface area contributed by atoms with Crippen LogP contribution in [-0.2, 0) is 4.79 Å². The minimum Gasteiger partial charge on any atom is -0.490 e. The largest absolute Gasteiger partial charge is 0.490 e. The maximum absolute atomic E-state index is 13.3. The predicted molar refractivity (Wildman–Crippen MR) is 62.4 cm³/mol. The van der Waals surface area contributed by atoms with Gasteiger partial charge in [0, 0.05) is 12.0 Å². The van der Waals surface area contributed by atoms with Crippen molar-refractivity contribution in [3.05, 3.63) is 29.8 Å². The summed E-state index contributed by atoms with van der Waals surface area (Å²) in [6.07, 6.45) is -0.0412. The number of halogens is 2. The second-order valence-corrected chi connectivity index (χ2v) is 4.49. The van der Waals surface area contributed by atoms with Crippen LogP contribution in [0.2, 0.25) is 0 Å². The Bertz CT molecular complexity index is 419. The van der Waals surface area contributed by atoms with Crippen LogP contribution < -0.4 is 4.74 Å². The highest BCUT2D eigenvalue weighted by molar-refractivity contribution is 5.67. The van der Waals surface area contributed by atoms with Crippen molar-refractivity contribution in [2.75, 3.05) is 6.61 Å². The minimum atomic E-state index is -0.920. The van der Waals surface area contributed by atoms with Crippen molar-refractivity contribution in [2.24, 2.45) is 11.8 Å². The van der Waals surface area contributed by atoms with Gasteiger partial charge in [-0.2, -0.15) is 0 Å². The summed E-state index contributed by atoms with van der Waals surface area (Å²) in [5, 5.41) is 8.74. The molecule has 1 N–H and O–H groups in total. The summed E-state index contributed by atoms with van der Waals surface area (Å²) in [5.41, 5.74) is 0. The summed E-state index contributed by atoms with van der Waals surface area (Å²) >= 11 is 0. The van der Waals surface area contributed by atoms with Gasteiger partial charge in [-0.25, -0.2) is 8.78 Å². The Labute approximate surface area is 104 Å². The van der Waals surface area contributed by atoms with Gasteiger partial charge in [0.1, 0.15) is 5.82 Å². The van der Waals surface area contributed by atoms with Crippen LogP contribution in [0.15, 0.2) is 18.2 Å². The number of aliphatic carboxylic acids is 1. The molecule has 0 aliphatic heterocycles. The normalized spacial score (nSPS) is 12.5. The molecular weight excluding hydrogens is 242 g/mol. The van der Waals surface area contributed by atoms with E-state index in [0.29, 0.717) is 0 Å². The van der Waals surface area contributed by atoms with Gasteiger partial charge in [0.15, 0.2) is 11.6 Å². The SMILES string of the molecule is CC(C)C(COc1ccc(F)cc1F)CC(=O)O. The summed E-state index contributed by atoms with van der Waals surface area (Å²) in [4.78, 5) is 10.7. The highest BCUT2D eigenvalue weighted by atomic mass is 19.1. The molecule has 1 rings (SSSR count). The van der Waals surface area contributed by atoms with Gasteiger partial charge >= 0.3 is 5.97 Å². The molecule has 1 aromatic carbocycles. The quantitative estimate of drug-likeness (QED) is 0.852. The first-order chi connectivity index (χ1) is 8.40. The molecule has 0 amide bonds. The highest BCUT2D eigenvalue weighted by Gasteiger charge is 2.18. The molecule has 0 heterocycles. The fraction of sp³-hybridized carbons (Fsp3) is 0.462. The third kappa shape index (κ3) is 4.31. The van der Waals surface area contributed by atoms with Crippen molar-refractivity contribution >= 4 is 5.97 Å². The average molecular weight is 258 g/mol. The molecular formula is C13H16F2O3. The molecule has 0 aliphatic rings. The first-order valence-corrected chi connectivity index (χ1v) is 5.69. The zero-order valence-corrected chi connectivity index (χ0v) is 10.3. The Hall–Kier alpha value is -1.65. The third-order valence-electron chi connectivity index (χ3n) is 2.73. The van der Waals surface area contributed by atoms with E-state index in [1.807, 2.05) is 13.8 Å². The maximum atomic E-state index is 13.3. The zero-order chi connectivity index (χ0) is 13.7. The summed E-state index contributed by atoms with van der Waals surface area (Å²) < 4.78 is 31.2. The number of carbonyl (C=O) groups is 1. The molecule has 1 aromatic rings. The molecule has 0 saturated carbocycles. The predicted octanol–water partition coefficient (Wildman–Crippen LogP) is 3.09. The maximum Gasteiger partial charge on any atom is 0.303 e. The molecule has 0 spiro atoms. The molecule has 0 bridgehead atoms. The second kappa shape index (κ2) is 6.33. The van der Waals surface area contributed by atoms with E-state index in [1.165, 1.54) is 6.07 Å². The molecule has 0 saturated heterocycles. The molecule has 18 heavy (non-hydrogen) atoms. The molecule has 0 radical (unpaired) electrons. The smallest absolute Gasteiger partial charge is 0.303 e. The number of ether oxygens (including phenoxy) is 1. The van der Waals surface area contributed by atoms with E-state index in [9.17, 15) is 13.6 Å². The fourth-order valence-corrected chi connectivity index (χ4v) is 1.50. The molecule has 0 aliphatic carbocycles. The van der Waals surface area contributed by atoms with E-state index in [0.717, 1.165) is 12.1 Å². The molecule has 0 aromatic heterocycles. The number of hydrogen-bond acceptors (Lipinski definition) is 2. The summed E-state index contributed by atoms with van der Waals surface area (Å²) in [6, 6.07) is 3.03.